The van der Waals surface area contributed by atoms with Crippen molar-refractivity contribution >= 4 is 29.0 Å². The molecule has 0 aliphatic carbocycles. The van der Waals surface area contributed by atoms with Gasteiger partial charge in [0.05, 0.1) is 4.92 Å². The van der Waals surface area contributed by atoms with E-state index in [1.165, 1.54) is 12.3 Å². The van der Waals surface area contributed by atoms with Crippen LogP contribution < -0.4 is 5.32 Å². The molecule has 0 saturated carbocycles. The Labute approximate surface area is 159 Å². The first-order valence-electron chi connectivity index (χ1n) is 7.96. The van der Waals surface area contributed by atoms with Crippen molar-refractivity contribution in [2.75, 3.05) is 5.32 Å². The molecule has 0 unspecified atom stereocenters. The maximum Gasteiger partial charge on any atom is 0.274 e. The number of nitrogens with one attached hydrogen (secondary N) is 1. The van der Waals surface area contributed by atoms with Gasteiger partial charge in [-0.1, -0.05) is 23.9 Å². The summed E-state index contributed by atoms with van der Waals surface area (Å²) in [6, 6.07) is 9.77. The van der Waals surface area contributed by atoms with Crippen molar-refractivity contribution in [3.05, 3.63) is 70.3 Å². The van der Waals surface area contributed by atoms with Crippen LogP contribution in [-0.2, 0) is 7.05 Å². The minimum absolute atomic E-state index is 0.0175. The number of amides is 1. The molecule has 1 aromatic carbocycles. The summed E-state index contributed by atoms with van der Waals surface area (Å²) in [4.78, 5) is 26.5. The average Bonchev–Trinajstić information content (AvgIpc) is 3.06. The van der Waals surface area contributed by atoms with Gasteiger partial charge in [-0.05, 0) is 24.6 Å². The Hall–Kier alpha value is -3.27. The molecule has 3 rings (SSSR count). The molecule has 10 heteroatoms. The molecule has 9 nitrogen and oxygen atoms in total. The van der Waals surface area contributed by atoms with Gasteiger partial charge in [0, 0.05) is 36.3 Å². The van der Waals surface area contributed by atoms with Gasteiger partial charge in [0.15, 0.2) is 5.16 Å². The van der Waals surface area contributed by atoms with Crippen LogP contribution in [0.3, 0.4) is 0 Å². The summed E-state index contributed by atoms with van der Waals surface area (Å²) in [5.41, 5.74) is 1.37. The lowest BCUT2D eigenvalue weighted by molar-refractivity contribution is -0.385. The highest BCUT2D eigenvalue weighted by molar-refractivity contribution is 7.99. The Kier molecular flexibility index (Phi) is 5.46. The fourth-order valence-electron chi connectivity index (χ4n) is 2.33. The minimum Gasteiger partial charge on any atom is -0.321 e. The number of benzene rings is 1. The fourth-order valence-corrected chi connectivity index (χ4v) is 3.23. The molecule has 2 aromatic heterocycles. The predicted molar refractivity (Wildman–Crippen MR) is 101 cm³/mol. The van der Waals surface area contributed by atoms with E-state index in [9.17, 15) is 14.9 Å². The molecular formula is C17H16N6O3S. The maximum atomic E-state index is 12.3. The lowest BCUT2D eigenvalue weighted by Crippen LogP contribution is -2.14. The van der Waals surface area contributed by atoms with E-state index in [0.717, 1.165) is 16.8 Å². The molecule has 1 N–H and O–H groups in total. The lowest BCUT2D eigenvalue weighted by Gasteiger charge is -2.12. The van der Waals surface area contributed by atoms with E-state index in [1.807, 2.05) is 36.7 Å². The summed E-state index contributed by atoms with van der Waals surface area (Å²) in [7, 11) is 1.87. The van der Waals surface area contributed by atoms with Gasteiger partial charge >= 0.3 is 0 Å². The van der Waals surface area contributed by atoms with Crippen molar-refractivity contribution in [3.63, 3.8) is 0 Å². The lowest BCUT2D eigenvalue weighted by atomic mass is 10.1. The third-order valence-electron chi connectivity index (χ3n) is 3.75. The Morgan fingerprint density at radius 2 is 2.15 bits per heavy atom. The molecule has 27 heavy (non-hydrogen) atoms. The van der Waals surface area contributed by atoms with Gasteiger partial charge in [0.25, 0.3) is 11.6 Å². The second kappa shape index (κ2) is 7.96. The van der Waals surface area contributed by atoms with Crippen molar-refractivity contribution < 1.29 is 9.72 Å². The van der Waals surface area contributed by atoms with Crippen LogP contribution in [0.1, 0.15) is 28.2 Å². The second-order valence-electron chi connectivity index (χ2n) is 5.72. The van der Waals surface area contributed by atoms with Crippen molar-refractivity contribution in [2.45, 2.75) is 17.3 Å². The monoisotopic (exact) mass is 384 g/mol. The van der Waals surface area contributed by atoms with Gasteiger partial charge in [-0.15, -0.1) is 10.2 Å². The third-order valence-corrected chi connectivity index (χ3v) is 4.96. The highest BCUT2D eigenvalue weighted by Gasteiger charge is 2.15. The van der Waals surface area contributed by atoms with Gasteiger partial charge in [-0.2, -0.15) is 0 Å². The Morgan fingerprint density at radius 1 is 1.33 bits per heavy atom. The Morgan fingerprint density at radius 3 is 2.85 bits per heavy atom. The molecule has 0 bridgehead atoms. The number of pyridine rings is 1. The number of carbonyl (C=O) groups is 1. The van der Waals surface area contributed by atoms with Gasteiger partial charge in [0.2, 0.25) is 0 Å². The van der Waals surface area contributed by atoms with E-state index in [2.05, 4.69) is 20.5 Å². The van der Waals surface area contributed by atoms with Crippen molar-refractivity contribution in [1.82, 2.24) is 19.7 Å². The standard InChI is InChI=1S/C17H16N6O3S/c1-11(27-17-21-19-10-22(17)2)12-4-3-5-13(8-12)20-16(24)15-9-14(23(25)26)6-7-18-15/h3-11H,1-2H3,(H,20,24)/t11-/m0/s1. The summed E-state index contributed by atoms with van der Waals surface area (Å²) < 4.78 is 1.83. The Balaban J connectivity index is 1.73. The van der Waals surface area contributed by atoms with Crippen LogP contribution in [0, 0.1) is 10.1 Å². The van der Waals surface area contributed by atoms with E-state index in [0.29, 0.717) is 5.69 Å². The summed E-state index contributed by atoms with van der Waals surface area (Å²) in [5, 5.41) is 22.4. The normalized spacial score (nSPS) is 11.8. The van der Waals surface area contributed by atoms with Crippen LogP contribution >= 0.6 is 11.8 Å². The van der Waals surface area contributed by atoms with Crippen molar-refractivity contribution in [2.24, 2.45) is 7.05 Å². The van der Waals surface area contributed by atoms with Crippen molar-refractivity contribution in [1.29, 1.82) is 0 Å². The molecule has 1 atom stereocenters. The summed E-state index contributed by atoms with van der Waals surface area (Å²) >= 11 is 1.55. The Bertz CT molecular complexity index is 990. The predicted octanol–water partition coefficient (Wildman–Crippen LogP) is 3.22. The van der Waals surface area contributed by atoms with E-state index in [4.69, 9.17) is 0 Å². The summed E-state index contributed by atoms with van der Waals surface area (Å²) in [6.07, 6.45) is 2.88. The van der Waals surface area contributed by atoms with Gasteiger partial charge in [-0.25, -0.2) is 0 Å². The molecule has 0 aliphatic rings. The molecule has 3 aromatic rings. The largest absolute Gasteiger partial charge is 0.321 e. The average molecular weight is 384 g/mol. The molecule has 0 radical (unpaired) electrons. The molecule has 0 fully saturated rings. The zero-order valence-electron chi connectivity index (χ0n) is 14.6. The second-order valence-corrected chi connectivity index (χ2v) is 7.03. The number of aryl methyl sites for hydroxylation is 1. The first kappa shape index (κ1) is 18.5. The van der Waals surface area contributed by atoms with Crippen LogP contribution in [-0.4, -0.2) is 30.6 Å². The van der Waals surface area contributed by atoms with Crippen LogP contribution in [0.5, 0.6) is 0 Å². The molecule has 138 valence electrons. The zero-order valence-corrected chi connectivity index (χ0v) is 15.4. The number of nitro groups is 1. The quantitative estimate of drug-likeness (QED) is 0.394. The third kappa shape index (κ3) is 4.47. The number of hydrogen-bond donors (Lipinski definition) is 1. The molecule has 0 spiro atoms. The fraction of sp³-hybridized carbons (Fsp3) is 0.176. The smallest absolute Gasteiger partial charge is 0.274 e. The highest BCUT2D eigenvalue weighted by Crippen LogP contribution is 2.34. The molecule has 0 aliphatic heterocycles. The van der Waals surface area contributed by atoms with Crippen LogP contribution in [0.25, 0.3) is 0 Å². The SMILES string of the molecule is C[C@H](Sc1nncn1C)c1cccc(NC(=O)c2cc([N+](=O)[O-])ccn2)c1. The first-order chi connectivity index (χ1) is 12.9. The van der Waals surface area contributed by atoms with Crippen molar-refractivity contribution in [3.8, 4) is 0 Å². The van der Waals surface area contributed by atoms with E-state index in [-0.39, 0.29) is 16.6 Å². The van der Waals surface area contributed by atoms with Crippen LogP contribution in [0.15, 0.2) is 54.1 Å². The highest BCUT2D eigenvalue weighted by atomic mass is 32.2. The number of rotatable bonds is 6. The van der Waals surface area contributed by atoms with Gasteiger partial charge in [0.1, 0.15) is 12.0 Å². The van der Waals surface area contributed by atoms with E-state index < -0.39 is 10.8 Å². The number of thioether (sulfide) groups is 1. The number of nitrogens with zero attached hydrogens (tertiary/aromatic N) is 5. The number of anilines is 1. The van der Waals surface area contributed by atoms with Gasteiger partial charge in [-0.3, -0.25) is 19.9 Å². The topological polar surface area (TPSA) is 116 Å². The maximum absolute atomic E-state index is 12.3. The number of aromatic nitrogens is 4. The summed E-state index contributed by atoms with van der Waals surface area (Å²) in [5.74, 6) is -0.510. The molecule has 0 saturated heterocycles. The van der Waals surface area contributed by atoms with Gasteiger partial charge < -0.3 is 9.88 Å². The molecule has 2 heterocycles. The zero-order chi connectivity index (χ0) is 19.4. The number of hydrogen-bond acceptors (Lipinski definition) is 7. The summed E-state index contributed by atoms with van der Waals surface area (Å²) in [6.45, 7) is 2.03. The van der Waals surface area contributed by atoms with Crippen LogP contribution in [0.4, 0.5) is 11.4 Å². The first-order valence-corrected chi connectivity index (χ1v) is 8.84. The number of carbonyl (C=O) groups excluding carboxylic acids is 1. The van der Waals surface area contributed by atoms with Crippen LogP contribution in [0.2, 0.25) is 0 Å². The minimum atomic E-state index is -0.565. The molecule has 1 amide bonds. The van der Waals surface area contributed by atoms with E-state index >= 15 is 0 Å². The van der Waals surface area contributed by atoms with E-state index in [1.54, 1.807) is 24.2 Å². The molecular weight excluding hydrogens is 368 g/mol.